The monoisotopic (exact) mass is 289 g/mol. The smallest absolute Gasteiger partial charge is 0.316 e. The Hall–Kier alpha value is -0.740. The van der Waals surface area contributed by atoms with Crippen molar-refractivity contribution in [1.29, 1.82) is 0 Å². The lowest BCUT2D eigenvalue weighted by Gasteiger charge is -2.37. The molecule has 1 amide bonds. The van der Waals surface area contributed by atoms with E-state index in [-0.39, 0.29) is 6.10 Å². The number of rotatable bonds is 2. The van der Waals surface area contributed by atoms with Crippen molar-refractivity contribution in [3.05, 3.63) is 28.7 Å². The second kappa shape index (κ2) is 4.41. The number of amides is 1. The van der Waals surface area contributed by atoms with Gasteiger partial charge in [-0.2, -0.15) is 0 Å². The van der Waals surface area contributed by atoms with Crippen LogP contribution in [0.4, 0.5) is 4.79 Å². The van der Waals surface area contributed by atoms with Crippen molar-refractivity contribution in [2.24, 2.45) is 0 Å². The van der Waals surface area contributed by atoms with Crippen LogP contribution in [0.25, 0.3) is 0 Å². The molecule has 1 aliphatic rings. The molecule has 1 saturated heterocycles. The maximum absolute atomic E-state index is 10.7. The van der Waals surface area contributed by atoms with Crippen molar-refractivity contribution >= 4 is 32.9 Å². The fraction of sp³-hybridized carbons (Fsp3) is 0.300. The van der Waals surface area contributed by atoms with Gasteiger partial charge in [0.05, 0.1) is 13.1 Å². The highest BCUT2D eigenvalue weighted by Crippen LogP contribution is 2.22. The Labute approximate surface area is 101 Å². The van der Waals surface area contributed by atoms with E-state index in [0.717, 1.165) is 10.2 Å². The first-order valence-corrected chi connectivity index (χ1v) is 5.69. The standard InChI is InChI=1S/C10H9BrClNO2/c11-7-2-1-3-8(4-7)15-9-5-13(6-9)10(12)14/h1-4,9H,5-6H2. The average Bonchev–Trinajstić information content (AvgIpc) is 2.10. The number of carbonyl (C=O) groups is 1. The summed E-state index contributed by atoms with van der Waals surface area (Å²) < 4.78 is 6.61. The molecule has 0 aliphatic carbocycles. The van der Waals surface area contributed by atoms with Gasteiger partial charge in [0.1, 0.15) is 11.9 Å². The van der Waals surface area contributed by atoms with Crippen LogP contribution in [0.1, 0.15) is 0 Å². The van der Waals surface area contributed by atoms with Crippen molar-refractivity contribution in [2.75, 3.05) is 13.1 Å². The minimum atomic E-state index is -0.413. The molecule has 5 heteroatoms. The van der Waals surface area contributed by atoms with Gasteiger partial charge in [-0.05, 0) is 29.8 Å². The number of carbonyl (C=O) groups excluding carboxylic acids is 1. The Morgan fingerprint density at radius 2 is 2.27 bits per heavy atom. The Bertz CT molecular complexity index is 379. The quantitative estimate of drug-likeness (QED) is 0.619. The molecule has 15 heavy (non-hydrogen) atoms. The van der Waals surface area contributed by atoms with Crippen LogP contribution in [0.5, 0.6) is 5.75 Å². The molecule has 0 unspecified atom stereocenters. The first-order valence-electron chi connectivity index (χ1n) is 4.52. The first kappa shape index (κ1) is 10.8. The van der Waals surface area contributed by atoms with Crippen LogP contribution in [0, 0.1) is 0 Å². The van der Waals surface area contributed by atoms with Crippen molar-refractivity contribution in [3.63, 3.8) is 0 Å². The molecule has 0 atom stereocenters. The van der Waals surface area contributed by atoms with E-state index in [4.69, 9.17) is 16.3 Å². The largest absolute Gasteiger partial charge is 0.487 e. The number of nitrogens with zero attached hydrogens (tertiary/aromatic N) is 1. The Kier molecular flexibility index (Phi) is 3.17. The summed E-state index contributed by atoms with van der Waals surface area (Å²) in [6, 6.07) is 7.62. The third kappa shape index (κ3) is 2.63. The number of halogens is 2. The Balaban J connectivity index is 1.87. The minimum absolute atomic E-state index is 0.0574. The van der Waals surface area contributed by atoms with Crippen LogP contribution in [-0.4, -0.2) is 29.5 Å². The molecule has 1 aromatic carbocycles. The molecule has 0 spiro atoms. The zero-order valence-corrected chi connectivity index (χ0v) is 10.2. The summed E-state index contributed by atoms with van der Waals surface area (Å²) in [5.41, 5.74) is 0. The second-order valence-corrected chi connectivity index (χ2v) is 4.59. The Morgan fingerprint density at radius 1 is 1.53 bits per heavy atom. The van der Waals surface area contributed by atoms with E-state index in [1.54, 1.807) is 0 Å². The molecule has 0 bridgehead atoms. The van der Waals surface area contributed by atoms with Crippen molar-refractivity contribution in [1.82, 2.24) is 4.90 Å². The van der Waals surface area contributed by atoms with Gasteiger partial charge in [0.2, 0.25) is 0 Å². The molecule has 1 aliphatic heterocycles. The van der Waals surface area contributed by atoms with E-state index in [2.05, 4.69) is 15.9 Å². The van der Waals surface area contributed by atoms with Crippen molar-refractivity contribution in [3.8, 4) is 5.75 Å². The number of ether oxygens (including phenoxy) is 1. The summed E-state index contributed by atoms with van der Waals surface area (Å²) in [7, 11) is 0. The minimum Gasteiger partial charge on any atom is -0.487 e. The lowest BCUT2D eigenvalue weighted by atomic mass is 10.2. The molecule has 1 heterocycles. The van der Waals surface area contributed by atoms with Gasteiger partial charge in [0, 0.05) is 4.47 Å². The van der Waals surface area contributed by atoms with Gasteiger partial charge in [-0.1, -0.05) is 22.0 Å². The molecule has 1 aromatic rings. The number of likely N-dealkylation sites (tertiary alicyclic amines) is 1. The summed E-state index contributed by atoms with van der Waals surface area (Å²) in [5, 5.41) is -0.413. The van der Waals surface area contributed by atoms with Gasteiger partial charge in [0.25, 0.3) is 0 Å². The Morgan fingerprint density at radius 3 is 2.87 bits per heavy atom. The van der Waals surface area contributed by atoms with Gasteiger partial charge < -0.3 is 9.64 Å². The molecule has 0 radical (unpaired) electrons. The topological polar surface area (TPSA) is 29.5 Å². The summed E-state index contributed by atoms with van der Waals surface area (Å²) in [6.07, 6.45) is 0.0574. The van der Waals surface area contributed by atoms with E-state index in [0.29, 0.717) is 13.1 Å². The van der Waals surface area contributed by atoms with E-state index in [1.807, 2.05) is 24.3 Å². The summed E-state index contributed by atoms with van der Waals surface area (Å²) >= 11 is 8.66. The van der Waals surface area contributed by atoms with Gasteiger partial charge in [-0.3, -0.25) is 4.79 Å². The summed E-state index contributed by atoms with van der Waals surface area (Å²) in [5.74, 6) is 0.802. The maximum atomic E-state index is 10.7. The molecule has 0 saturated carbocycles. The molecule has 0 N–H and O–H groups in total. The maximum Gasteiger partial charge on any atom is 0.316 e. The second-order valence-electron chi connectivity index (χ2n) is 3.36. The highest BCUT2D eigenvalue weighted by molar-refractivity contribution is 9.10. The van der Waals surface area contributed by atoms with E-state index in [9.17, 15) is 4.79 Å². The highest BCUT2D eigenvalue weighted by Gasteiger charge is 2.31. The van der Waals surface area contributed by atoms with E-state index < -0.39 is 5.37 Å². The van der Waals surface area contributed by atoms with Crippen LogP contribution < -0.4 is 4.74 Å². The zero-order valence-electron chi connectivity index (χ0n) is 7.82. The molecule has 0 aromatic heterocycles. The molecular weight excluding hydrogens is 281 g/mol. The fourth-order valence-electron chi connectivity index (χ4n) is 1.39. The van der Waals surface area contributed by atoms with Gasteiger partial charge in [0.15, 0.2) is 0 Å². The fourth-order valence-corrected chi connectivity index (χ4v) is 1.91. The normalized spacial score (nSPS) is 16.0. The van der Waals surface area contributed by atoms with E-state index >= 15 is 0 Å². The molecule has 80 valence electrons. The van der Waals surface area contributed by atoms with Crippen molar-refractivity contribution in [2.45, 2.75) is 6.10 Å². The lowest BCUT2D eigenvalue weighted by molar-refractivity contribution is 0.0530. The number of hydrogen-bond acceptors (Lipinski definition) is 2. The molecular formula is C10H9BrClNO2. The van der Waals surface area contributed by atoms with Crippen LogP contribution in [-0.2, 0) is 0 Å². The molecule has 3 nitrogen and oxygen atoms in total. The van der Waals surface area contributed by atoms with Crippen molar-refractivity contribution < 1.29 is 9.53 Å². The summed E-state index contributed by atoms with van der Waals surface area (Å²) in [6.45, 7) is 1.13. The van der Waals surface area contributed by atoms with Gasteiger partial charge in [-0.25, -0.2) is 0 Å². The lowest BCUT2D eigenvalue weighted by Crippen LogP contribution is -2.54. The van der Waals surface area contributed by atoms with Crippen LogP contribution >= 0.6 is 27.5 Å². The average molecular weight is 291 g/mol. The van der Waals surface area contributed by atoms with Crippen LogP contribution in [0.15, 0.2) is 28.7 Å². The molecule has 2 rings (SSSR count). The van der Waals surface area contributed by atoms with Gasteiger partial charge in [-0.15, -0.1) is 0 Å². The number of hydrogen-bond donors (Lipinski definition) is 0. The SMILES string of the molecule is O=C(Cl)N1CC(Oc2cccc(Br)c2)C1. The number of benzene rings is 1. The highest BCUT2D eigenvalue weighted by atomic mass is 79.9. The van der Waals surface area contributed by atoms with Gasteiger partial charge >= 0.3 is 5.37 Å². The van der Waals surface area contributed by atoms with Crippen LogP contribution in [0.2, 0.25) is 0 Å². The first-order chi connectivity index (χ1) is 7.15. The summed E-state index contributed by atoms with van der Waals surface area (Å²) in [4.78, 5) is 12.2. The third-order valence-corrected chi connectivity index (χ3v) is 2.93. The molecule has 1 fully saturated rings. The van der Waals surface area contributed by atoms with E-state index in [1.165, 1.54) is 4.90 Å². The predicted molar refractivity (Wildman–Crippen MR) is 61.4 cm³/mol. The zero-order chi connectivity index (χ0) is 10.8. The third-order valence-electron chi connectivity index (χ3n) is 2.20. The van der Waals surface area contributed by atoms with Crippen LogP contribution in [0.3, 0.4) is 0 Å². The predicted octanol–water partition coefficient (Wildman–Crippen LogP) is 2.87.